The first-order valence-electron chi connectivity index (χ1n) is 7.75. The lowest BCUT2D eigenvalue weighted by Gasteiger charge is -2.06. The van der Waals surface area contributed by atoms with Gasteiger partial charge in [-0.3, -0.25) is 4.79 Å². The molecule has 3 aromatic rings. The normalized spacial score (nSPS) is 10.8. The van der Waals surface area contributed by atoms with Crippen molar-refractivity contribution in [2.45, 2.75) is 0 Å². The number of nitrogens with zero attached hydrogens (tertiary/aromatic N) is 2. The van der Waals surface area contributed by atoms with E-state index in [-0.39, 0.29) is 12.5 Å². The molecule has 1 heterocycles. The predicted octanol–water partition coefficient (Wildman–Crippen LogP) is 4.31. The van der Waals surface area contributed by atoms with Gasteiger partial charge in [-0.2, -0.15) is 5.10 Å². The van der Waals surface area contributed by atoms with Crippen molar-refractivity contribution < 1.29 is 9.53 Å². The van der Waals surface area contributed by atoms with Gasteiger partial charge in [-0.25, -0.2) is 5.43 Å². The molecule has 0 unspecified atom stereocenters. The first-order valence-corrected chi connectivity index (χ1v) is 8.51. The molecule has 0 aliphatic heterocycles. The summed E-state index contributed by atoms with van der Waals surface area (Å²) in [6, 6.07) is 18.0. The summed E-state index contributed by atoms with van der Waals surface area (Å²) in [5.74, 6) is 0.200. The van der Waals surface area contributed by atoms with E-state index in [1.54, 1.807) is 30.5 Å². The van der Waals surface area contributed by atoms with E-state index in [1.807, 2.05) is 47.2 Å². The molecule has 0 radical (unpaired) electrons. The van der Waals surface area contributed by atoms with Crippen LogP contribution >= 0.6 is 23.2 Å². The zero-order chi connectivity index (χ0) is 18.4. The molecule has 0 aliphatic rings. The summed E-state index contributed by atoms with van der Waals surface area (Å²) >= 11 is 11.7. The van der Waals surface area contributed by atoms with Crippen LogP contribution in [0.1, 0.15) is 5.69 Å². The number of ether oxygens (including phenoxy) is 1. The summed E-state index contributed by atoms with van der Waals surface area (Å²) in [5.41, 5.74) is 4.19. The maximum atomic E-state index is 11.8. The molecule has 3 rings (SSSR count). The number of halogens is 2. The van der Waals surface area contributed by atoms with Gasteiger partial charge in [0, 0.05) is 21.9 Å². The maximum absolute atomic E-state index is 11.8. The van der Waals surface area contributed by atoms with Crippen LogP contribution < -0.4 is 10.2 Å². The number of rotatable bonds is 6. The Morgan fingerprint density at radius 2 is 1.69 bits per heavy atom. The molecule has 1 N–H and O–H groups in total. The minimum Gasteiger partial charge on any atom is -0.484 e. The Hall–Kier alpha value is -2.76. The van der Waals surface area contributed by atoms with Crippen LogP contribution in [-0.2, 0) is 4.79 Å². The van der Waals surface area contributed by atoms with Crippen molar-refractivity contribution in [1.29, 1.82) is 0 Å². The van der Waals surface area contributed by atoms with Crippen LogP contribution in [0.4, 0.5) is 0 Å². The minimum atomic E-state index is -0.360. The van der Waals surface area contributed by atoms with Crippen LogP contribution in [0.25, 0.3) is 5.69 Å². The highest BCUT2D eigenvalue weighted by Crippen LogP contribution is 2.16. The van der Waals surface area contributed by atoms with Crippen molar-refractivity contribution in [3.8, 4) is 11.4 Å². The van der Waals surface area contributed by atoms with Crippen LogP contribution in [-0.4, -0.2) is 23.3 Å². The van der Waals surface area contributed by atoms with Gasteiger partial charge in [0.05, 0.1) is 11.9 Å². The molecule has 1 aromatic heterocycles. The van der Waals surface area contributed by atoms with Gasteiger partial charge in [0.25, 0.3) is 5.91 Å². The molecule has 132 valence electrons. The number of carbonyl (C=O) groups is 1. The zero-order valence-corrected chi connectivity index (χ0v) is 15.1. The summed E-state index contributed by atoms with van der Waals surface area (Å²) in [7, 11) is 0. The Bertz CT molecular complexity index is 903. The second-order valence-electron chi connectivity index (χ2n) is 5.32. The highest BCUT2D eigenvalue weighted by Gasteiger charge is 2.03. The van der Waals surface area contributed by atoms with Crippen molar-refractivity contribution in [2.24, 2.45) is 5.10 Å². The summed E-state index contributed by atoms with van der Waals surface area (Å²) in [4.78, 5) is 11.8. The van der Waals surface area contributed by atoms with Crippen LogP contribution in [0.3, 0.4) is 0 Å². The van der Waals surface area contributed by atoms with Crippen LogP contribution in [0.2, 0.25) is 10.0 Å². The van der Waals surface area contributed by atoms with E-state index in [4.69, 9.17) is 27.9 Å². The summed E-state index contributed by atoms with van der Waals surface area (Å²) in [6.45, 7) is -0.142. The second kappa shape index (κ2) is 8.56. The zero-order valence-electron chi connectivity index (χ0n) is 13.6. The fourth-order valence-corrected chi connectivity index (χ4v) is 2.47. The number of aromatic nitrogens is 1. The third-order valence-corrected chi connectivity index (χ3v) is 3.96. The minimum absolute atomic E-state index is 0.142. The second-order valence-corrected chi connectivity index (χ2v) is 6.19. The standard InChI is InChI=1S/C19H15Cl2N3O2/c20-14-3-7-16(8-4-14)24-11-1-2-17(24)12-22-23-19(25)13-26-18-9-5-15(21)6-10-18/h1-12H,13H2,(H,23,25)/b22-12-. The van der Waals surface area contributed by atoms with Gasteiger partial charge in [0.2, 0.25) is 0 Å². The number of hydrazone groups is 1. The monoisotopic (exact) mass is 387 g/mol. The molecule has 26 heavy (non-hydrogen) atoms. The van der Waals surface area contributed by atoms with E-state index in [2.05, 4.69) is 10.5 Å². The molecule has 0 bridgehead atoms. The van der Waals surface area contributed by atoms with Gasteiger partial charge < -0.3 is 9.30 Å². The molecular formula is C19H15Cl2N3O2. The number of hydrogen-bond donors (Lipinski definition) is 1. The maximum Gasteiger partial charge on any atom is 0.277 e. The number of carbonyl (C=O) groups excluding carboxylic acids is 1. The summed E-state index contributed by atoms with van der Waals surface area (Å²) in [6.07, 6.45) is 3.46. The van der Waals surface area contributed by atoms with E-state index >= 15 is 0 Å². The van der Waals surface area contributed by atoms with Crippen molar-refractivity contribution in [3.05, 3.63) is 82.6 Å². The summed E-state index contributed by atoms with van der Waals surface area (Å²) < 4.78 is 7.28. The Morgan fingerprint density at radius 1 is 1.04 bits per heavy atom. The number of nitrogens with one attached hydrogen (secondary N) is 1. The van der Waals surface area contributed by atoms with E-state index < -0.39 is 0 Å². The highest BCUT2D eigenvalue weighted by atomic mass is 35.5. The molecule has 0 saturated heterocycles. The van der Waals surface area contributed by atoms with Gasteiger partial charge in [0.1, 0.15) is 5.75 Å². The molecular weight excluding hydrogens is 373 g/mol. The molecule has 0 atom stereocenters. The van der Waals surface area contributed by atoms with Gasteiger partial charge in [-0.05, 0) is 60.7 Å². The van der Waals surface area contributed by atoms with Crippen molar-refractivity contribution in [2.75, 3.05) is 6.61 Å². The lowest BCUT2D eigenvalue weighted by Crippen LogP contribution is -2.24. The van der Waals surface area contributed by atoms with Crippen LogP contribution in [0.15, 0.2) is 72.0 Å². The lowest BCUT2D eigenvalue weighted by molar-refractivity contribution is -0.123. The van der Waals surface area contributed by atoms with Crippen molar-refractivity contribution in [1.82, 2.24) is 9.99 Å². The third kappa shape index (κ3) is 4.88. The lowest BCUT2D eigenvalue weighted by atomic mass is 10.3. The Labute approximate surface area is 160 Å². The molecule has 2 aromatic carbocycles. The first-order chi connectivity index (χ1) is 12.6. The molecule has 0 fully saturated rings. The summed E-state index contributed by atoms with van der Waals surface area (Å²) in [5, 5.41) is 5.25. The third-order valence-electron chi connectivity index (χ3n) is 3.45. The Balaban J connectivity index is 1.55. The van der Waals surface area contributed by atoms with E-state index in [9.17, 15) is 4.79 Å². The largest absolute Gasteiger partial charge is 0.484 e. The first kappa shape index (κ1) is 18.0. The van der Waals surface area contributed by atoms with Gasteiger partial charge in [0.15, 0.2) is 6.61 Å². The van der Waals surface area contributed by atoms with Crippen molar-refractivity contribution in [3.63, 3.8) is 0 Å². The van der Waals surface area contributed by atoms with E-state index in [0.29, 0.717) is 15.8 Å². The number of hydrogen-bond acceptors (Lipinski definition) is 3. The van der Waals surface area contributed by atoms with E-state index in [1.165, 1.54) is 0 Å². The quantitative estimate of drug-likeness (QED) is 0.505. The topological polar surface area (TPSA) is 55.6 Å². The Kier molecular flexibility index (Phi) is 5.94. The molecule has 5 nitrogen and oxygen atoms in total. The number of benzene rings is 2. The molecule has 7 heteroatoms. The molecule has 1 amide bonds. The average Bonchev–Trinajstić information content (AvgIpc) is 3.10. The fraction of sp³-hybridized carbons (Fsp3) is 0.0526. The van der Waals surface area contributed by atoms with Gasteiger partial charge in [-0.15, -0.1) is 0 Å². The molecule has 0 aliphatic carbocycles. The van der Waals surface area contributed by atoms with E-state index in [0.717, 1.165) is 11.4 Å². The predicted molar refractivity (Wildman–Crippen MR) is 103 cm³/mol. The number of amides is 1. The fourth-order valence-electron chi connectivity index (χ4n) is 2.22. The molecule has 0 saturated carbocycles. The van der Waals surface area contributed by atoms with Crippen LogP contribution in [0.5, 0.6) is 5.75 Å². The van der Waals surface area contributed by atoms with Gasteiger partial charge in [-0.1, -0.05) is 23.2 Å². The molecule has 0 spiro atoms. The average molecular weight is 388 g/mol. The van der Waals surface area contributed by atoms with Crippen LogP contribution in [0, 0.1) is 0 Å². The van der Waals surface area contributed by atoms with Gasteiger partial charge >= 0.3 is 0 Å². The smallest absolute Gasteiger partial charge is 0.277 e. The SMILES string of the molecule is O=C(COc1ccc(Cl)cc1)N/N=C\c1cccn1-c1ccc(Cl)cc1. The Morgan fingerprint density at radius 3 is 2.38 bits per heavy atom. The highest BCUT2D eigenvalue weighted by molar-refractivity contribution is 6.30. The van der Waals surface area contributed by atoms with Crippen molar-refractivity contribution >= 4 is 35.3 Å².